The summed E-state index contributed by atoms with van der Waals surface area (Å²) in [4.78, 5) is 8.10. The molecule has 3 nitrogen and oxygen atoms in total. The van der Waals surface area contributed by atoms with Crippen molar-refractivity contribution in [2.45, 2.75) is 13.8 Å². The maximum atomic E-state index is 5.53. The highest BCUT2D eigenvalue weighted by Crippen LogP contribution is 2.10. The molecule has 0 atom stereocenters. The molecule has 2 N–H and O–H groups in total. The van der Waals surface area contributed by atoms with E-state index in [0.29, 0.717) is 5.69 Å². The van der Waals surface area contributed by atoms with Gasteiger partial charge in [-0.2, -0.15) is 0 Å². The third-order valence-electron chi connectivity index (χ3n) is 1.47. The summed E-state index contributed by atoms with van der Waals surface area (Å²) >= 11 is 0. The molecule has 0 aliphatic carbocycles. The number of nitrogen functional groups attached to an aromatic ring is 1. The number of hydrogen-bond acceptors (Lipinski definition) is 3. The zero-order valence-corrected chi connectivity index (χ0v) is 7.86. The Bertz CT molecular complexity index is 385. The third kappa shape index (κ3) is 2.15. The van der Waals surface area contributed by atoms with Gasteiger partial charge in [0.1, 0.15) is 0 Å². The first kappa shape index (κ1) is 9.45. The van der Waals surface area contributed by atoms with Crippen LogP contribution in [0.3, 0.4) is 0 Å². The van der Waals surface area contributed by atoms with Crippen molar-refractivity contribution in [3.05, 3.63) is 30.6 Å². The Hall–Kier alpha value is -1.64. The van der Waals surface area contributed by atoms with Crippen molar-refractivity contribution >= 4 is 16.7 Å². The van der Waals surface area contributed by atoms with Crippen molar-refractivity contribution in [2.24, 2.45) is 0 Å². The van der Waals surface area contributed by atoms with E-state index in [-0.39, 0.29) is 0 Å². The zero-order valence-electron chi connectivity index (χ0n) is 7.86. The molecule has 0 aliphatic rings. The summed E-state index contributed by atoms with van der Waals surface area (Å²) in [5, 5.41) is 0.979. The van der Waals surface area contributed by atoms with Crippen LogP contribution >= 0.6 is 0 Å². The van der Waals surface area contributed by atoms with Gasteiger partial charge in [-0.25, -0.2) is 9.97 Å². The molecule has 2 aromatic heterocycles. The lowest BCUT2D eigenvalue weighted by molar-refractivity contribution is 1.29. The third-order valence-corrected chi connectivity index (χ3v) is 1.47. The molecule has 13 heavy (non-hydrogen) atoms. The minimum absolute atomic E-state index is 0.672. The monoisotopic (exact) mass is 175 g/mol. The molecule has 2 aromatic rings. The fraction of sp³-hybridized carbons (Fsp3) is 0.200. The van der Waals surface area contributed by atoms with Crippen molar-refractivity contribution in [3.63, 3.8) is 0 Å². The Balaban J connectivity index is 0.000000396. The summed E-state index contributed by atoms with van der Waals surface area (Å²) in [5.74, 6) is 0. The quantitative estimate of drug-likeness (QED) is 0.668. The molecule has 0 aromatic carbocycles. The van der Waals surface area contributed by atoms with Gasteiger partial charge in [-0.1, -0.05) is 13.8 Å². The average molecular weight is 175 g/mol. The number of nitrogens with zero attached hydrogens (tertiary/aromatic N) is 2. The Labute approximate surface area is 77.6 Å². The van der Waals surface area contributed by atoms with Crippen LogP contribution in [0.2, 0.25) is 0 Å². The molecule has 0 fully saturated rings. The first-order valence-electron chi connectivity index (χ1n) is 4.32. The number of rotatable bonds is 0. The number of nitrogens with two attached hydrogens (primary N) is 1. The molecule has 68 valence electrons. The van der Waals surface area contributed by atoms with E-state index in [1.807, 2.05) is 32.0 Å². The molecule has 0 radical (unpaired) electrons. The van der Waals surface area contributed by atoms with Crippen LogP contribution in [-0.4, -0.2) is 9.97 Å². The molecule has 0 saturated carbocycles. The van der Waals surface area contributed by atoms with E-state index < -0.39 is 0 Å². The molecule has 3 heteroatoms. The van der Waals surface area contributed by atoms with Gasteiger partial charge >= 0.3 is 0 Å². The van der Waals surface area contributed by atoms with Crippen LogP contribution in [0.4, 0.5) is 5.69 Å². The Morgan fingerprint density at radius 2 is 2.00 bits per heavy atom. The summed E-state index contributed by atoms with van der Waals surface area (Å²) < 4.78 is 0. The van der Waals surface area contributed by atoms with Crippen LogP contribution in [0, 0.1) is 0 Å². The molecular weight excluding hydrogens is 162 g/mol. The van der Waals surface area contributed by atoms with E-state index in [9.17, 15) is 0 Å². The topological polar surface area (TPSA) is 51.8 Å². The molecule has 0 bridgehead atoms. The first-order chi connectivity index (χ1) is 6.36. The van der Waals surface area contributed by atoms with Gasteiger partial charge in [0, 0.05) is 11.6 Å². The molecule has 0 saturated heterocycles. The van der Waals surface area contributed by atoms with Crippen LogP contribution in [0.5, 0.6) is 0 Å². The number of anilines is 1. The van der Waals surface area contributed by atoms with Gasteiger partial charge in [0.25, 0.3) is 0 Å². The molecule has 2 heterocycles. The highest BCUT2D eigenvalue weighted by atomic mass is 14.8. The maximum absolute atomic E-state index is 5.53. The molecule has 0 amide bonds. The van der Waals surface area contributed by atoms with E-state index in [1.165, 1.54) is 0 Å². The Morgan fingerprint density at radius 3 is 2.77 bits per heavy atom. The van der Waals surface area contributed by atoms with E-state index in [2.05, 4.69) is 9.97 Å². The molecule has 0 unspecified atom stereocenters. The number of hydrogen-bond donors (Lipinski definition) is 1. The van der Waals surface area contributed by atoms with Gasteiger partial charge in [-0.15, -0.1) is 0 Å². The van der Waals surface area contributed by atoms with Crippen LogP contribution in [0.1, 0.15) is 13.8 Å². The first-order valence-corrected chi connectivity index (χ1v) is 4.32. The maximum Gasteiger partial charge on any atom is 0.159 e. The summed E-state index contributed by atoms with van der Waals surface area (Å²) in [6, 6.07) is 5.66. The van der Waals surface area contributed by atoms with Crippen molar-refractivity contribution in [3.8, 4) is 0 Å². The van der Waals surface area contributed by atoms with Crippen molar-refractivity contribution < 1.29 is 0 Å². The molecule has 2 rings (SSSR count). The van der Waals surface area contributed by atoms with Crippen LogP contribution < -0.4 is 5.73 Å². The number of fused-ring (bicyclic) bond motifs is 1. The summed E-state index contributed by atoms with van der Waals surface area (Å²) in [6.07, 6.45) is 3.32. The lowest BCUT2D eigenvalue weighted by atomic mass is 10.3. The summed E-state index contributed by atoms with van der Waals surface area (Å²) in [5.41, 5.74) is 6.94. The lowest BCUT2D eigenvalue weighted by Crippen LogP contribution is -1.87. The lowest BCUT2D eigenvalue weighted by Gasteiger charge is -1.95. The van der Waals surface area contributed by atoms with Crippen molar-refractivity contribution in [2.75, 3.05) is 5.73 Å². The largest absolute Gasteiger partial charge is 0.397 e. The highest BCUT2D eigenvalue weighted by Gasteiger charge is 1.92. The second-order valence-electron chi connectivity index (χ2n) is 2.32. The van der Waals surface area contributed by atoms with Crippen LogP contribution in [-0.2, 0) is 0 Å². The van der Waals surface area contributed by atoms with Gasteiger partial charge in [-0.3, -0.25) is 0 Å². The van der Waals surface area contributed by atoms with E-state index in [4.69, 9.17) is 5.73 Å². The number of pyridine rings is 2. The summed E-state index contributed by atoms with van der Waals surface area (Å²) in [6.45, 7) is 4.00. The normalized spacial score (nSPS) is 9.08. The van der Waals surface area contributed by atoms with Gasteiger partial charge in [0.05, 0.1) is 11.9 Å². The van der Waals surface area contributed by atoms with Gasteiger partial charge in [0.2, 0.25) is 0 Å². The highest BCUT2D eigenvalue weighted by molar-refractivity contribution is 5.77. The molecular formula is C10H13N3. The predicted molar refractivity (Wildman–Crippen MR) is 55.3 cm³/mol. The second kappa shape index (κ2) is 4.40. The minimum Gasteiger partial charge on any atom is -0.397 e. The molecule has 0 spiro atoms. The van der Waals surface area contributed by atoms with Crippen molar-refractivity contribution in [1.29, 1.82) is 0 Å². The SMILES string of the molecule is CC.Nc1cnc2ncccc2c1. The minimum atomic E-state index is 0.672. The average Bonchev–Trinajstić information content (AvgIpc) is 2.21. The zero-order chi connectivity index (χ0) is 9.68. The van der Waals surface area contributed by atoms with E-state index in [1.54, 1.807) is 12.4 Å². The predicted octanol–water partition coefficient (Wildman–Crippen LogP) is 2.24. The smallest absolute Gasteiger partial charge is 0.159 e. The van der Waals surface area contributed by atoms with Crippen molar-refractivity contribution in [1.82, 2.24) is 9.97 Å². The fourth-order valence-electron chi connectivity index (χ4n) is 0.982. The van der Waals surface area contributed by atoms with Crippen LogP contribution in [0.15, 0.2) is 30.6 Å². The van der Waals surface area contributed by atoms with E-state index in [0.717, 1.165) is 11.0 Å². The Kier molecular flexibility index (Phi) is 3.20. The summed E-state index contributed by atoms with van der Waals surface area (Å²) in [7, 11) is 0. The fourth-order valence-corrected chi connectivity index (χ4v) is 0.982. The van der Waals surface area contributed by atoms with Gasteiger partial charge in [-0.05, 0) is 18.2 Å². The van der Waals surface area contributed by atoms with Gasteiger partial charge < -0.3 is 5.73 Å². The second-order valence-corrected chi connectivity index (χ2v) is 2.32. The standard InChI is InChI=1S/C8H7N3.C2H6/c9-7-4-6-2-1-3-10-8(6)11-5-7;1-2/h1-5H,9H2;1-2H3. The van der Waals surface area contributed by atoms with E-state index >= 15 is 0 Å². The van der Waals surface area contributed by atoms with Gasteiger partial charge in [0.15, 0.2) is 5.65 Å². The molecule has 0 aliphatic heterocycles. The Morgan fingerprint density at radius 1 is 1.23 bits per heavy atom. The van der Waals surface area contributed by atoms with Crippen LogP contribution in [0.25, 0.3) is 11.0 Å². The number of aromatic nitrogens is 2.